The Morgan fingerprint density at radius 1 is 1.29 bits per heavy atom. The molecule has 24 heavy (non-hydrogen) atoms. The molecule has 130 valence electrons. The topological polar surface area (TPSA) is 47.4 Å². The number of rotatable bonds is 5. The number of halogens is 3. The van der Waals surface area contributed by atoms with Gasteiger partial charge in [0.2, 0.25) is 5.91 Å². The summed E-state index contributed by atoms with van der Waals surface area (Å²) >= 11 is 0. The molecule has 2 aromatic rings. The number of amides is 1. The van der Waals surface area contributed by atoms with Gasteiger partial charge in [-0.1, -0.05) is 12.1 Å². The molecule has 1 atom stereocenters. The molecule has 1 aromatic carbocycles. The summed E-state index contributed by atoms with van der Waals surface area (Å²) in [6, 6.07) is 7.85. The Morgan fingerprint density at radius 2 is 1.92 bits per heavy atom. The minimum Gasteiger partial charge on any atom is -0.497 e. The smallest absolute Gasteiger partial charge is 0.435 e. The lowest BCUT2D eigenvalue weighted by molar-refractivity contribution is -0.142. The predicted octanol–water partition coefficient (Wildman–Crippen LogP) is 3.13. The zero-order chi connectivity index (χ0) is 17.9. The highest BCUT2D eigenvalue weighted by atomic mass is 19.4. The fourth-order valence-corrected chi connectivity index (χ4v) is 2.17. The molecule has 2 rings (SSSR count). The summed E-state index contributed by atoms with van der Waals surface area (Å²) in [5.41, 5.74) is -0.121. The van der Waals surface area contributed by atoms with Gasteiger partial charge in [0.15, 0.2) is 5.69 Å². The van der Waals surface area contributed by atoms with Gasteiger partial charge in [0.25, 0.3) is 0 Å². The van der Waals surface area contributed by atoms with Crippen LogP contribution in [0.5, 0.6) is 5.75 Å². The largest absolute Gasteiger partial charge is 0.497 e. The molecule has 0 fully saturated rings. The molecule has 5 nitrogen and oxygen atoms in total. The van der Waals surface area contributed by atoms with Crippen molar-refractivity contribution >= 4 is 5.91 Å². The van der Waals surface area contributed by atoms with Crippen LogP contribution in [0.2, 0.25) is 0 Å². The van der Waals surface area contributed by atoms with E-state index in [0.29, 0.717) is 5.75 Å². The summed E-state index contributed by atoms with van der Waals surface area (Å²) in [4.78, 5) is 13.7. The van der Waals surface area contributed by atoms with E-state index in [1.165, 1.54) is 4.90 Å². The van der Waals surface area contributed by atoms with E-state index in [0.717, 1.165) is 22.5 Å². The first kappa shape index (κ1) is 17.8. The lowest BCUT2D eigenvalue weighted by Gasteiger charge is -2.25. The van der Waals surface area contributed by atoms with Gasteiger partial charge in [-0.25, -0.2) is 0 Å². The van der Waals surface area contributed by atoms with E-state index in [1.54, 1.807) is 26.3 Å². The molecule has 1 unspecified atom stereocenters. The minimum atomic E-state index is -4.52. The maximum Gasteiger partial charge on any atom is 0.435 e. The first-order valence-corrected chi connectivity index (χ1v) is 7.22. The highest BCUT2D eigenvalue weighted by molar-refractivity contribution is 5.76. The number of alkyl halides is 3. The highest BCUT2D eigenvalue weighted by Crippen LogP contribution is 2.27. The molecule has 0 saturated heterocycles. The fraction of sp³-hybridized carbons (Fsp3) is 0.375. The van der Waals surface area contributed by atoms with E-state index >= 15 is 0 Å². The van der Waals surface area contributed by atoms with Crippen LogP contribution in [0, 0.1) is 0 Å². The zero-order valence-electron chi connectivity index (χ0n) is 13.5. The van der Waals surface area contributed by atoms with Crippen LogP contribution in [0.25, 0.3) is 0 Å². The number of hydrogen-bond donors (Lipinski definition) is 0. The average Bonchev–Trinajstić information content (AvgIpc) is 3.02. The molecule has 0 N–H and O–H groups in total. The van der Waals surface area contributed by atoms with Crippen molar-refractivity contribution in [1.82, 2.24) is 14.7 Å². The lowest BCUT2D eigenvalue weighted by Crippen LogP contribution is -2.32. The summed E-state index contributed by atoms with van der Waals surface area (Å²) < 4.78 is 43.7. The number of hydrogen-bond acceptors (Lipinski definition) is 3. The van der Waals surface area contributed by atoms with Crippen molar-refractivity contribution in [3.8, 4) is 5.75 Å². The molecule has 1 aromatic heterocycles. The Hall–Kier alpha value is -2.51. The first-order chi connectivity index (χ1) is 11.2. The van der Waals surface area contributed by atoms with Crippen molar-refractivity contribution in [3.05, 3.63) is 47.8 Å². The SMILES string of the molecule is COc1ccc(C(C)N(C)C(=O)Cn2ccc(C(F)(F)F)n2)cc1. The molecule has 0 saturated carbocycles. The molecular weight excluding hydrogens is 323 g/mol. The number of nitrogens with zero attached hydrogens (tertiary/aromatic N) is 3. The molecule has 0 spiro atoms. The number of methoxy groups -OCH3 is 1. The van der Waals surface area contributed by atoms with Gasteiger partial charge >= 0.3 is 6.18 Å². The molecular formula is C16H18F3N3O2. The van der Waals surface area contributed by atoms with Crippen LogP contribution in [-0.4, -0.2) is 34.7 Å². The lowest BCUT2D eigenvalue weighted by atomic mass is 10.1. The van der Waals surface area contributed by atoms with Crippen molar-refractivity contribution < 1.29 is 22.7 Å². The predicted molar refractivity (Wildman–Crippen MR) is 81.4 cm³/mol. The molecule has 0 aliphatic carbocycles. The van der Waals surface area contributed by atoms with Crippen LogP contribution < -0.4 is 4.74 Å². The molecule has 0 aliphatic rings. The van der Waals surface area contributed by atoms with Crippen LogP contribution in [0.4, 0.5) is 13.2 Å². The van der Waals surface area contributed by atoms with Gasteiger partial charge in [0.05, 0.1) is 13.2 Å². The summed E-state index contributed by atoms with van der Waals surface area (Å²) in [6.45, 7) is 1.58. The van der Waals surface area contributed by atoms with Gasteiger partial charge in [0, 0.05) is 13.2 Å². The number of ether oxygens (including phenoxy) is 1. The highest BCUT2D eigenvalue weighted by Gasteiger charge is 2.33. The van der Waals surface area contributed by atoms with Crippen LogP contribution in [0.3, 0.4) is 0 Å². The molecule has 0 aliphatic heterocycles. The fourth-order valence-electron chi connectivity index (χ4n) is 2.17. The average molecular weight is 341 g/mol. The Morgan fingerprint density at radius 3 is 2.42 bits per heavy atom. The van der Waals surface area contributed by atoms with E-state index in [-0.39, 0.29) is 18.5 Å². The number of carbonyl (C=O) groups is 1. The van der Waals surface area contributed by atoms with Crippen LogP contribution in [0.1, 0.15) is 24.2 Å². The van der Waals surface area contributed by atoms with E-state index in [2.05, 4.69) is 5.10 Å². The van der Waals surface area contributed by atoms with Crippen molar-refractivity contribution in [2.24, 2.45) is 0 Å². The van der Waals surface area contributed by atoms with E-state index in [1.807, 2.05) is 19.1 Å². The molecule has 0 radical (unpaired) electrons. The van der Waals surface area contributed by atoms with Crippen LogP contribution in [-0.2, 0) is 17.5 Å². The first-order valence-electron chi connectivity index (χ1n) is 7.22. The number of likely N-dealkylation sites (N-methyl/N-ethyl adjacent to an activating group) is 1. The standard InChI is InChI=1S/C16H18F3N3O2/c1-11(12-4-6-13(24-3)7-5-12)21(2)15(23)10-22-9-8-14(20-22)16(17,18)19/h4-9,11H,10H2,1-3H3. The number of aromatic nitrogens is 2. The van der Waals surface area contributed by atoms with E-state index in [4.69, 9.17) is 4.74 Å². The molecule has 1 amide bonds. The van der Waals surface area contributed by atoms with Crippen LogP contribution >= 0.6 is 0 Å². The molecule has 8 heteroatoms. The second-order valence-corrected chi connectivity index (χ2v) is 5.35. The second kappa shape index (κ2) is 6.94. The van der Waals surface area contributed by atoms with Gasteiger partial charge in [-0.2, -0.15) is 18.3 Å². The van der Waals surface area contributed by atoms with Gasteiger partial charge in [-0.3, -0.25) is 9.48 Å². The van der Waals surface area contributed by atoms with Crippen molar-refractivity contribution in [2.75, 3.05) is 14.2 Å². The zero-order valence-corrected chi connectivity index (χ0v) is 13.5. The summed E-state index contributed by atoms with van der Waals surface area (Å²) in [6.07, 6.45) is -3.37. The Kier molecular flexibility index (Phi) is 5.16. The third-order valence-electron chi connectivity index (χ3n) is 3.80. The summed E-state index contributed by atoms with van der Waals surface area (Å²) in [7, 11) is 3.17. The van der Waals surface area contributed by atoms with Gasteiger partial charge in [0.1, 0.15) is 12.3 Å². The third-order valence-corrected chi connectivity index (χ3v) is 3.80. The van der Waals surface area contributed by atoms with E-state index in [9.17, 15) is 18.0 Å². The molecule has 1 heterocycles. The maximum absolute atomic E-state index is 12.5. The van der Waals surface area contributed by atoms with Gasteiger partial charge in [-0.05, 0) is 30.7 Å². The Balaban J connectivity index is 2.04. The normalized spacial score (nSPS) is 12.8. The number of carbonyl (C=O) groups excluding carboxylic acids is 1. The molecule has 0 bridgehead atoms. The Labute approximate surface area is 137 Å². The number of benzene rings is 1. The van der Waals surface area contributed by atoms with Crippen molar-refractivity contribution in [1.29, 1.82) is 0 Å². The quantitative estimate of drug-likeness (QED) is 0.839. The summed E-state index contributed by atoms with van der Waals surface area (Å²) in [5, 5.41) is 3.39. The minimum absolute atomic E-state index is 0.235. The van der Waals surface area contributed by atoms with E-state index < -0.39 is 11.9 Å². The maximum atomic E-state index is 12.5. The van der Waals surface area contributed by atoms with Crippen LogP contribution in [0.15, 0.2) is 36.5 Å². The van der Waals surface area contributed by atoms with Gasteiger partial charge in [-0.15, -0.1) is 0 Å². The summed E-state index contributed by atoms with van der Waals surface area (Å²) in [5.74, 6) is 0.367. The third kappa shape index (κ3) is 4.06. The monoisotopic (exact) mass is 341 g/mol. The van der Waals surface area contributed by atoms with Crippen molar-refractivity contribution in [3.63, 3.8) is 0 Å². The van der Waals surface area contributed by atoms with Gasteiger partial charge < -0.3 is 9.64 Å². The van der Waals surface area contributed by atoms with Crippen molar-refractivity contribution in [2.45, 2.75) is 25.7 Å². The Bertz CT molecular complexity index is 695. The second-order valence-electron chi connectivity index (χ2n) is 5.35.